The Bertz CT molecular complexity index is 241. The number of amides is 1. The minimum absolute atomic E-state index is 0.216. The van der Waals surface area contributed by atoms with Crippen molar-refractivity contribution in [1.82, 2.24) is 4.90 Å². The summed E-state index contributed by atoms with van der Waals surface area (Å²) >= 11 is 3.53. The molecule has 0 bridgehead atoms. The van der Waals surface area contributed by atoms with E-state index in [-0.39, 0.29) is 5.92 Å². The van der Waals surface area contributed by atoms with Crippen molar-refractivity contribution < 1.29 is 9.53 Å². The SMILES string of the molecule is O=C(C1CCOCC1)N1CCCCC1CBr. The summed E-state index contributed by atoms with van der Waals surface area (Å²) in [5.41, 5.74) is 0. The molecule has 2 fully saturated rings. The topological polar surface area (TPSA) is 29.5 Å². The van der Waals surface area contributed by atoms with Crippen LogP contribution in [-0.2, 0) is 9.53 Å². The number of halogens is 1. The molecule has 0 saturated carbocycles. The van der Waals surface area contributed by atoms with Crippen LogP contribution < -0.4 is 0 Å². The van der Waals surface area contributed by atoms with Gasteiger partial charge >= 0.3 is 0 Å². The Labute approximate surface area is 106 Å². The van der Waals surface area contributed by atoms with Gasteiger partial charge in [-0.25, -0.2) is 0 Å². The molecule has 0 aromatic rings. The largest absolute Gasteiger partial charge is 0.381 e. The van der Waals surface area contributed by atoms with E-state index < -0.39 is 0 Å². The van der Waals surface area contributed by atoms with Crippen molar-refractivity contribution in [3.8, 4) is 0 Å². The van der Waals surface area contributed by atoms with Crippen molar-refractivity contribution in [2.45, 2.75) is 38.1 Å². The number of hydrogen-bond donors (Lipinski definition) is 0. The quantitative estimate of drug-likeness (QED) is 0.730. The number of ether oxygens (including phenoxy) is 1. The Morgan fingerprint density at radius 2 is 2.00 bits per heavy atom. The number of carbonyl (C=O) groups is 1. The summed E-state index contributed by atoms with van der Waals surface area (Å²) in [5.74, 6) is 0.584. The summed E-state index contributed by atoms with van der Waals surface area (Å²) in [6.45, 7) is 2.46. The molecule has 2 heterocycles. The van der Waals surface area contributed by atoms with Gasteiger partial charge in [0.25, 0.3) is 0 Å². The first-order valence-electron chi connectivity index (χ1n) is 6.27. The third-order valence-corrected chi connectivity index (χ3v) is 4.41. The fourth-order valence-corrected chi connectivity index (χ4v) is 3.30. The van der Waals surface area contributed by atoms with Gasteiger partial charge in [0.1, 0.15) is 0 Å². The van der Waals surface area contributed by atoms with Crippen LogP contribution in [0.5, 0.6) is 0 Å². The van der Waals surface area contributed by atoms with Gasteiger partial charge in [0.2, 0.25) is 5.91 Å². The Balaban J connectivity index is 1.95. The van der Waals surface area contributed by atoms with Crippen molar-refractivity contribution in [3.63, 3.8) is 0 Å². The maximum atomic E-state index is 12.4. The smallest absolute Gasteiger partial charge is 0.226 e. The van der Waals surface area contributed by atoms with E-state index >= 15 is 0 Å². The van der Waals surface area contributed by atoms with E-state index in [2.05, 4.69) is 20.8 Å². The first kappa shape index (κ1) is 12.4. The van der Waals surface area contributed by atoms with Gasteiger partial charge in [0.15, 0.2) is 0 Å². The highest BCUT2D eigenvalue weighted by Crippen LogP contribution is 2.24. The van der Waals surface area contributed by atoms with E-state index in [4.69, 9.17) is 4.74 Å². The van der Waals surface area contributed by atoms with E-state index in [0.717, 1.165) is 44.4 Å². The molecule has 0 aliphatic carbocycles. The zero-order chi connectivity index (χ0) is 11.4. The molecule has 1 unspecified atom stereocenters. The molecule has 1 atom stereocenters. The van der Waals surface area contributed by atoms with Gasteiger partial charge in [0, 0.05) is 37.0 Å². The van der Waals surface area contributed by atoms with Crippen molar-refractivity contribution in [2.75, 3.05) is 25.1 Å². The summed E-state index contributed by atoms with van der Waals surface area (Å²) in [6.07, 6.45) is 5.39. The Hall–Kier alpha value is -0.0900. The van der Waals surface area contributed by atoms with E-state index in [9.17, 15) is 4.79 Å². The van der Waals surface area contributed by atoms with Crippen LogP contribution in [0.3, 0.4) is 0 Å². The molecule has 2 saturated heterocycles. The molecule has 92 valence electrons. The normalized spacial score (nSPS) is 28.1. The van der Waals surface area contributed by atoms with Crippen LogP contribution in [-0.4, -0.2) is 41.9 Å². The highest BCUT2D eigenvalue weighted by atomic mass is 79.9. The van der Waals surface area contributed by atoms with Gasteiger partial charge in [-0.1, -0.05) is 15.9 Å². The van der Waals surface area contributed by atoms with E-state index in [1.54, 1.807) is 0 Å². The predicted octanol–water partition coefficient (Wildman–Crippen LogP) is 2.19. The molecular weight excluding hydrogens is 270 g/mol. The van der Waals surface area contributed by atoms with Gasteiger partial charge in [-0.3, -0.25) is 4.79 Å². The summed E-state index contributed by atoms with van der Waals surface area (Å²) in [7, 11) is 0. The standard InChI is InChI=1S/C12H20BrNO2/c13-9-11-3-1-2-6-14(11)12(15)10-4-7-16-8-5-10/h10-11H,1-9H2. The maximum absolute atomic E-state index is 12.4. The molecule has 1 amide bonds. The van der Waals surface area contributed by atoms with E-state index in [0.29, 0.717) is 11.9 Å². The van der Waals surface area contributed by atoms with Crippen LogP contribution >= 0.6 is 15.9 Å². The Morgan fingerprint density at radius 3 is 2.69 bits per heavy atom. The molecule has 16 heavy (non-hydrogen) atoms. The van der Waals surface area contributed by atoms with Crippen LogP contribution in [0.2, 0.25) is 0 Å². The van der Waals surface area contributed by atoms with Crippen LogP contribution in [0.25, 0.3) is 0 Å². The lowest BCUT2D eigenvalue weighted by Gasteiger charge is -2.37. The van der Waals surface area contributed by atoms with Gasteiger partial charge in [0.05, 0.1) is 0 Å². The van der Waals surface area contributed by atoms with Gasteiger partial charge < -0.3 is 9.64 Å². The highest BCUT2D eigenvalue weighted by molar-refractivity contribution is 9.09. The second-order valence-corrected chi connectivity index (χ2v) is 5.37. The van der Waals surface area contributed by atoms with Crippen LogP contribution in [0, 0.1) is 5.92 Å². The number of likely N-dealkylation sites (tertiary alicyclic amines) is 1. The predicted molar refractivity (Wildman–Crippen MR) is 66.7 cm³/mol. The zero-order valence-corrected chi connectivity index (χ0v) is 11.2. The first-order chi connectivity index (χ1) is 7.83. The molecule has 0 radical (unpaired) electrons. The summed E-state index contributed by atoms with van der Waals surface area (Å²) in [4.78, 5) is 14.5. The Morgan fingerprint density at radius 1 is 1.25 bits per heavy atom. The maximum Gasteiger partial charge on any atom is 0.226 e. The lowest BCUT2D eigenvalue weighted by molar-refractivity contribution is -0.141. The number of hydrogen-bond acceptors (Lipinski definition) is 2. The lowest BCUT2D eigenvalue weighted by atomic mass is 9.95. The first-order valence-corrected chi connectivity index (χ1v) is 7.39. The van der Waals surface area contributed by atoms with Crippen molar-refractivity contribution in [2.24, 2.45) is 5.92 Å². The van der Waals surface area contributed by atoms with Gasteiger partial charge in [-0.2, -0.15) is 0 Å². The molecule has 2 aliphatic heterocycles. The number of piperidine rings is 1. The number of rotatable bonds is 2. The second-order valence-electron chi connectivity index (χ2n) is 4.72. The fraction of sp³-hybridized carbons (Fsp3) is 0.917. The van der Waals surface area contributed by atoms with Crippen molar-refractivity contribution in [3.05, 3.63) is 0 Å². The third-order valence-electron chi connectivity index (χ3n) is 3.66. The summed E-state index contributed by atoms with van der Waals surface area (Å²) < 4.78 is 5.31. The molecule has 4 heteroatoms. The van der Waals surface area contributed by atoms with Crippen molar-refractivity contribution >= 4 is 21.8 Å². The van der Waals surface area contributed by atoms with Gasteiger partial charge in [-0.15, -0.1) is 0 Å². The third kappa shape index (κ3) is 2.77. The number of alkyl halides is 1. The van der Waals surface area contributed by atoms with Crippen LogP contribution in [0.1, 0.15) is 32.1 Å². The molecular formula is C12H20BrNO2. The van der Waals surface area contributed by atoms with Gasteiger partial charge in [-0.05, 0) is 32.1 Å². The molecule has 0 aromatic carbocycles. The molecule has 0 N–H and O–H groups in total. The average Bonchev–Trinajstić information content (AvgIpc) is 2.39. The fourth-order valence-electron chi connectivity index (χ4n) is 2.63. The summed E-state index contributed by atoms with van der Waals surface area (Å²) in [6, 6.07) is 0.420. The molecule has 2 rings (SSSR count). The van der Waals surface area contributed by atoms with E-state index in [1.807, 2.05) is 0 Å². The monoisotopic (exact) mass is 289 g/mol. The number of carbonyl (C=O) groups excluding carboxylic acids is 1. The Kier molecular flexibility index (Phi) is 4.65. The zero-order valence-electron chi connectivity index (χ0n) is 9.66. The highest BCUT2D eigenvalue weighted by Gasteiger charge is 2.31. The van der Waals surface area contributed by atoms with Crippen LogP contribution in [0.15, 0.2) is 0 Å². The minimum Gasteiger partial charge on any atom is -0.381 e. The molecule has 2 aliphatic rings. The second kappa shape index (κ2) is 6.01. The number of nitrogens with zero attached hydrogens (tertiary/aromatic N) is 1. The van der Waals surface area contributed by atoms with Crippen LogP contribution in [0.4, 0.5) is 0 Å². The molecule has 0 aromatic heterocycles. The summed E-state index contributed by atoms with van der Waals surface area (Å²) in [5, 5.41) is 0.919. The molecule has 0 spiro atoms. The van der Waals surface area contributed by atoms with Crippen molar-refractivity contribution in [1.29, 1.82) is 0 Å². The lowest BCUT2D eigenvalue weighted by Crippen LogP contribution is -2.48. The average molecular weight is 290 g/mol. The minimum atomic E-state index is 0.216. The van der Waals surface area contributed by atoms with E-state index in [1.165, 1.54) is 12.8 Å². The molecule has 3 nitrogen and oxygen atoms in total.